The molecule has 110 valence electrons. The normalized spacial score (nSPS) is 34.2. The third-order valence-electron chi connectivity index (χ3n) is 4.39. The van der Waals surface area contributed by atoms with Crippen LogP contribution in [0.5, 0.6) is 0 Å². The number of hydrogen-bond acceptors (Lipinski definition) is 3. The summed E-state index contributed by atoms with van der Waals surface area (Å²) in [7, 11) is 0. The Morgan fingerprint density at radius 1 is 1.05 bits per heavy atom. The molecule has 2 bridgehead atoms. The summed E-state index contributed by atoms with van der Waals surface area (Å²) < 4.78 is 18.0. The van der Waals surface area contributed by atoms with Crippen LogP contribution in [0.2, 0.25) is 0 Å². The molecule has 1 aromatic rings. The molecule has 1 aromatic carbocycles. The zero-order chi connectivity index (χ0) is 13.8. The molecule has 0 N–H and O–H groups in total. The van der Waals surface area contributed by atoms with Crippen molar-refractivity contribution in [1.82, 2.24) is 0 Å². The topological polar surface area (TPSA) is 27.7 Å². The van der Waals surface area contributed by atoms with Gasteiger partial charge < -0.3 is 14.2 Å². The van der Waals surface area contributed by atoms with Crippen LogP contribution in [0.15, 0.2) is 30.3 Å². The van der Waals surface area contributed by atoms with Gasteiger partial charge in [0.2, 0.25) is 0 Å². The van der Waals surface area contributed by atoms with E-state index in [9.17, 15) is 0 Å². The molecule has 3 heteroatoms. The highest BCUT2D eigenvalue weighted by Gasteiger charge is 2.33. The van der Waals surface area contributed by atoms with Gasteiger partial charge in [-0.2, -0.15) is 0 Å². The molecule has 2 aliphatic rings. The van der Waals surface area contributed by atoms with Crippen molar-refractivity contribution in [1.29, 1.82) is 0 Å². The van der Waals surface area contributed by atoms with Crippen LogP contribution in [-0.4, -0.2) is 31.5 Å². The Kier molecular flexibility index (Phi) is 4.71. The van der Waals surface area contributed by atoms with Crippen molar-refractivity contribution in [3.05, 3.63) is 35.9 Å². The Labute approximate surface area is 121 Å². The van der Waals surface area contributed by atoms with Crippen LogP contribution in [0.4, 0.5) is 0 Å². The largest absolute Gasteiger partial charge is 0.376 e. The molecule has 4 atom stereocenters. The summed E-state index contributed by atoms with van der Waals surface area (Å²) in [5, 5.41) is 0. The maximum Gasteiger partial charge on any atom is 0.0720 e. The molecule has 0 spiro atoms. The summed E-state index contributed by atoms with van der Waals surface area (Å²) in [4.78, 5) is 0. The van der Waals surface area contributed by atoms with E-state index in [4.69, 9.17) is 14.2 Å². The van der Waals surface area contributed by atoms with Gasteiger partial charge >= 0.3 is 0 Å². The standard InChI is InChI=1S/C17H24O3/c1-13-9-15-10-16(11-17(13)19-8-7-18-15)20-12-14-5-3-2-4-6-14/h2-6,13,15-17H,7-12H2,1H3/t13-,15+,16+,17+/m0/s1. The first kappa shape index (κ1) is 14.1. The highest BCUT2D eigenvalue weighted by molar-refractivity contribution is 5.13. The van der Waals surface area contributed by atoms with Crippen LogP contribution in [0.25, 0.3) is 0 Å². The first-order chi connectivity index (χ1) is 9.81. The van der Waals surface area contributed by atoms with Gasteiger partial charge in [0.05, 0.1) is 38.1 Å². The van der Waals surface area contributed by atoms with Gasteiger partial charge in [0.25, 0.3) is 0 Å². The fourth-order valence-electron chi connectivity index (χ4n) is 3.25. The molecule has 2 fully saturated rings. The second-order valence-electron chi connectivity index (χ2n) is 6.01. The number of fused-ring (bicyclic) bond motifs is 3. The van der Waals surface area contributed by atoms with E-state index in [1.807, 2.05) is 6.07 Å². The molecule has 0 amide bonds. The molecule has 1 saturated carbocycles. The minimum Gasteiger partial charge on any atom is -0.376 e. The molecule has 0 unspecified atom stereocenters. The maximum atomic E-state index is 6.13. The van der Waals surface area contributed by atoms with Gasteiger partial charge in [-0.3, -0.25) is 0 Å². The van der Waals surface area contributed by atoms with Crippen molar-refractivity contribution in [2.24, 2.45) is 5.92 Å². The number of rotatable bonds is 3. The first-order valence-electron chi connectivity index (χ1n) is 7.70. The molecule has 3 rings (SSSR count). The monoisotopic (exact) mass is 276 g/mol. The molecular weight excluding hydrogens is 252 g/mol. The van der Waals surface area contributed by atoms with Crippen molar-refractivity contribution in [3.8, 4) is 0 Å². The van der Waals surface area contributed by atoms with Crippen molar-refractivity contribution in [2.75, 3.05) is 13.2 Å². The average molecular weight is 276 g/mol. The van der Waals surface area contributed by atoms with E-state index in [0.717, 1.165) is 32.5 Å². The number of ether oxygens (including phenoxy) is 3. The zero-order valence-corrected chi connectivity index (χ0v) is 12.2. The van der Waals surface area contributed by atoms with Gasteiger partial charge in [0, 0.05) is 6.42 Å². The molecule has 0 radical (unpaired) electrons. The van der Waals surface area contributed by atoms with Crippen molar-refractivity contribution in [3.63, 3.8) is 0 Å². The predicted molar refractivity (Wildman–Crippen MR) is 77.5 cm³/mol. The minimum absolute atomic E-state index is 0.244. The van der Waals surface area contributed by atoms with Crippen LogP contribution in [0.1, 0.15) is 31.7 Å². The minimum atomic E-state index is 0.244. The van der Waals surface area contributed by atoms with E-state index in [1.54, 1.807) is 0 Å². The second kappa shape index (κ2) is 6.70. The van der Waals surface area contributed by atoms with Gasteiger partial charge in [-0.1, -0.05) is 37.3 Å². The Hall–Kier alpha value is -0.900. The van der Waals surface area contributed by atoms with Gasteiger partial charge in [0.1, 0.15) is 0 Å². The Bertz CT molecular complexity index is 406. The molecule has 3 nitrogen and oxygen atoms in total. The summed E-state index contributed by atoms with van der Waals surface area (Å²) in [5.41, 5.74) is 1.23. The van der Waals surface area contributed by atoms with Crippen LogP contribution in [0.3, 0.4) is 0 Å². The smallest absolute Gasteiger partial charge is 0.0720 e. The molecule has 20 heavy (non-hydrogen) atoms. The third-order valence-corrected chi connectivity index (χ3v) is 4.39. The van der Waals surface area contributed by atoms with Gasteiger partial charge in [-0.25, -0.2) is 0 Å². The molecule has 1 heterocycles. The van der Waals surface area contributed by atoms with Gasteiger partial charge in [-0.15, -0.1) is 0 Å². The van der Waals surface area contributed by atoms with Gasteiger partial charge in [0.15, 0.2) is 0 Å². The SMILES string of the molecule is C[C@H]1C[C@@H]2C[C@@H](OCc3ccccc3)C[C@H]1OCCO2. The molecule has 1 aliphatic heterocycles. The van der Waals surface area contributed by atoms with Crippen molar-refractivity contribution >= 4 is 0 Å². The Balaban J connectivity index is 1.61. The quantitative estimate of drug-likeness (QED) is 0.848. The molecule has 0 aromatic heterocycles. The summed E-state index contributed by atoms with van der Waals surface area (Å²) in [6.07, 6.45) is 3.98. The second-order valence-corrected chi connectivity index (χ2v) is 6.01. The fraction of sp³-hybridized carbons (Fsp3) is 0.647. The first-order valence-corrected chi connectivity index (χ1v) is 7.70. The van der Waals surface area contributed by atoms with E-state index in [1.165, 1.54) is 5.56 Å². The van der Waals surface area contributed by atoms with E-state index in [2.05, 4.69) is 31.2 Å². The number of benzene rings is 1. The van der Waals surface area contributed by atoms with Gasteiger partial charge in [-0.05, 0) is 24.3 Å². The van der Waals surface area contributed by atoms with Crippen LogP contribution < -0.4 is 0 Å². The molecular formula is C17H24O3. The lowest BCUT2D eigenvalue weighted by Gasteiger charge is -2.26. The lowest BCUT2D eigenvalue weighted by molar-refractivity contribution is -0.0681. The maximum absolute atomic E-state index is 6.13. The van der Waals surface area contributed by atoms with Crippen LogP contribution in [0, 0.1) is 5.92 Å². The summed E-state index contributed by atoms with van der Waals surface area (Å²) in [6, 6.07) is 10.4. The van der Waals surface area contributed by atoms with E-state index < -0.39 is 0 Å². The molecule has 1 aliphatic carbocycles. The van der Waals surface area contributed by atoms with Crippen molar-refractivity contribution in [2.45, 2.75) is 51.1 Å². The van der Waals surface area contributed by atoms with Crippen LogP contribution in [-0.2, 0) is 20.8 Å². The Morgan fingerprint density at radius 2 is 1.85 bits per heavy atom. The predicted octanol–water partition coefficient (Wildman–Crippen LogP) is 3.18. The van der Waals surface area contributed by atoms with E-state index >= 15 is 0 Å². The Morgan fingerprint density at radius 3 is 2.70 bits per heavy atom. The van der Waals surface area contributed by atoms with E-state index in [-0.39, 0.29) is 6.10 Å². The molecule has 1 saturated heterocycles. The lowest BCUT2D eigenvalue weighted by atomic mass is 9.98. The lowest BCUT2D eigenvalue weighted by Crippen LogP contribution is -2.29. The summed E-state index contributed by atoms with van der Waals surface area (Å²) >= 11 is 0. The highest BCUT2D eigenvalue weighted by Crippen LogP contribution is 2.31. The van der Waals surface area contributed by atoms with E-state index in [0.29, 0.717) is 24.7 Å². The third kappa shape index (κ3) is 3.60. The van der Waals surface area contributed by atoms with Crippen molar-refractivity contribution < 1.29 is 14.2 Å². The summed E-state index contributed by atoms with van der Waals surface area (Å²) in [5.74, 6) is 0.561. The highest BCUT2D eigenvalue weighted by atomic mass is 16.5. The fourth-order valence-corrected chi connectivity index (χ4v) is 3.25. The number of hydrogen-bond donors (Lipinski definition) is 0. The zero-order valence-electron chi connectivity index (χ0n) is 12.2. The summed E-state index contributed by atoms with van der Waals surface area (Å²) in [6.45, 7) is 4.39. The average Bonchev–Trinajstić information content (AvgIpc) is 2.54. The van der Waals surface area contributed by atoms with Crippen LogP contribution >= 0.6 is 0 Å².